The number of likely N-dealkylation sites (N-methyl/N-ethyl adjacent to an activating group) is 1. The van der Waals surface area contributed by atoms with Crippen LogP contribution in [0, 0.1) is 0 Å². The van der Waals surface area contributed by atoms with Crippen molar-refractivity contribution in [1.82, 2.24) is 4.90 Å². The van der Waals surface area contributed by atoms with Crippen LogP contribution in [0.15, 0.2) is 60.7 Å². The molecule has 3 aromatic rings. The number of nitrogen functional groups attached to an aromatic ring is 1. The van der Waals surface area contributed by atoms with Gasteiger partial charge in [0.1, 0.15) is 0 Å². The lowest BCUT2D eigenvalue weighted by Crippen LogP contribution is -2.34. The summed E-state index contributed by atoms with van der Waals surface area (Å²) in [5, 5.41) is 0. The molecular weight excluding hydrogens is 541 g/mol. The molecule has 0 fully saturated rings. The molecule has 3 aromatic carbocycles. The lowest BCUT2D eigenvalue weighted by Gasteiger charge is -2.25. The number of hydrogen-bond acceptors (Lipinski definition) is 7. The van der Waals surface area contributed by atoms with Gasteiger partial charge in [-0.25, -0.2) is 0 Å². The molecule has 0 heterocycles. The van der Waals surface area contributed by atoms with Crippen LogP contribution < -0.4 is 29.6 Å². The van der Waals surface area contributed by atoms with Gasteiger partial charge in [0.05, 0.1) is 28.4 Å². The number of anilines is 2. The first kappa shape index (κ1) is 33.7. The fraction of sp³-hybridized carbons (Fsp3) is 0.345. The highest BCUT2D eigenvalue weighted by Gasteiger charge is 2.20. The molecule has 0 saturated heterocycles. The predicted molar refractivity (Wildman–Crippen MR) is 162 cm³/mol. The Bertz CT molecular complexity index is 1180. The molecule has 10 heteroatoms. The molecule has 0 bridgehead atoms. The Balaban J connectivity index is 0.00000380. The molecule has 214 valence electrons. The van der Waals surface area contributed by atoms with E-state index in [4.69, 9.17) is 24.7 Å². The molecule has 0 atom stereocenters. The van der Waals surface area contributed by atoms with E-state index in [1.54, 1.807) is 57.6 Å². The molecule has 0 spiro atoms. The largest absolute Gasteiger partial charge is 0.493 e. The number of carbonyl (C=O) groups excluding carboxylic acids is 1. The van der Waals surface area contributed by atoms with E-state index in [0.29, 0.717) is 29.3 Å². The van der Waals surface area contributed by atoms with Crippen LogP contribution in [-0.4, -0.2) is 65.9 Å². The minimum Gasteiger partial charge on any atom is -0.493 e. The van der Waals surface area contributed by atoms with Gasteiger partial charge in [0.15, 0.2) is 23.0 Å². The molecule has 0 unspecified atom stereocenters. The van der Waals surface area contributed by atoms with Crippen molar-refractivity contribution in [2.24, 2.45) is 0 Å². The SMILES string of the molecule is COc1ccc(CCN(C)CCCN(C(=O)c2ccc(N)cc2)c2ccc(OC)c(OC)c2)cc1OC.Cl.Cl. The number of halogens is 2. The number of nitrogens with zero attached hydrogens (tertiary/aromatic N) is 2. The standard InChI is InChI=1S/C29H37N3O5.2ClH/c1-31(18-15-21-7-13-25(34-2)27(19-21)36-4)16-6-17-32(29(33)22-8-10-23(30)11-9-22)24-12-14-26(35-3)28(20-24)37-5;;/h7-14,19-20H,6,15-18,30H2,1-5H3;2*1H. The molecule has 3 rings (SSSR count). The van der Waals surface area contributed by atoms with E-state index in [-0.39, 0.29) is 30.7 Å². The Hall–Kier alpha value is -3.33. The van der Waals surface area contributed by atoms with Gasteiger partial charge in [-0.2, -0.15) is 0 Å². The Morgan fingerprint density at radius 3 is 1.87 bits per heavy atom. The Morgan fingerprint density at radius 2 is 1.28 bits per heavy atom. The van der Waals surface area contributed by atoms with Crippen LogP contribution in [0.2, 0.25) is 0 Å². The van der Waals surface area contributed by atoms with Crippen molar-refractivity contribution < 1.29 is 23.7 Å². The molecule has 39 heavy (non-hydrogen) atoms. The monoisotopic (exact) mass is 579 g/mol. The predicted octanol–water partition coefficient (Wildman–Crippen LogP) is 5.36. The van der Waals surface area contributed by atoms with E-state index < -0.39 is 0 Å². The first-order chi connectivity index (χ1) is 17.9. The zero-order valence-corrected chi connectivity index (χ0v) is 24.8. The molecule has 0 aliphatic rings. The minimum absolute atomic E-state index is 0. The van der Waals surface area contributed by atoms with Crippen LogP contribution in [0.4, 0.5) is 11.4 Å². The number of methoxy groups -OCH3 is 4. The van der Waals surface area contributed by atoms with Crippen molar-refractivity contribution in [3.63, 3.8) is 0 Å². The molecule has 1 amide bonds. The molecule has 0 saturated carbocycles. The van der Waals surface area contributed by atoms with Gasteiger partial charge in [0.25, 0.3) is 5.91 Å². The second kappa shape index (κ2) is 16.6. The van der Waals surface area contributed by atoms with Crippen molar-refractivity contribution in [2.45, 2.75) is 12.8 Å². The summed E-state index contributed by atoms with van der Waals surface area (Å²) in [6.45, 7) is 2.24. The number of hydrogen-bond donors (Lipinski definition) is 1. The maximum absolute atomic E-state index is 13.5. The topological polar surface area (TPSA) is 86.5 Å². The fourth-order valence-corrected chi connectivity index (χ4v) is 4.09. The number of carbonyl (C=O) groups is 1. The highest BCUT2D eigenvalue weighted by Crippen LogP contribution is 2.32. The van der Waals surface area contributed by atoms with Gasteiger partial charge < -0.3 is 34.5 Å². The summed E-state index contributed by atoms with van der Waals surface area (Å²) in [7, 11) is 8.54. The van der Waals surface area contributed by atoms with Crippen molar-refractivity contribution in [2.75, 3.05) is 65.8 Å². The van der Waals surface area contributed by atoms with Gasteiger partial charge in [-0.15, -0.1) is 24.8 Å². The summed E-state index contributed by atoms with van der Waals surface area (Å²) in [5.41, 5.74) is 8.93. The molecular formula is C29H39Cl2N3O5. The molecule has 0 radical (unpaired) electrons. The average molecular weight is 581 g/mol. The highest BCUT2D eigenvalue weighted by molar-refractivity contribution is 6.06. The van der Waals surface area contributed by atoms with Crippen LogP contribution in [0.5, 0.6) is 23.0 Å². The van der Waals surface area contributed by atoms with Crippen LogP contribution in [-0.2, 0) is 6.42 Å². The van der Waals surface area contributed by atoms with E-state index in [9.17, 15) is 4.79 Å². The first-order valence-electron chi connectivity index (χ1n) is 12.2. The van der Waals surface area contributed by atoms with E-state index >= 15 is 0 Å². The Kier molecular flexibility index (Phi) is 14.3. The summed E-state index contributed by atoms with van der Waals surface area (Å²) < 4.78 is 21.6. The van der Waals surface area contributed by atoms with E-state index in [1.807, 2.05) is 30.3 Å². The van der Waals surface area contributed by atoms with Crippen molar-refractivity contribution in [3.05, 3.63) is 71.8 Å². The summed E-state index contributed by atoms with van der Waals surface area (Å²) in [4.78, 5) is 17.5. The normalized spacial score (nSPS) is 10.2. The maximum Gasteiger partial charge on any atom is 0.258 e. The lowest BCUT2D eigenvalue weighted by molar-refractivity contribution is 0.0986. The van der Waals surface area contributed by atoms with Crippen molar-refractivity contribution in [1.29, 1.82) is 0 Å². The quantitative estimate of drug-likeness (QED) is 0.273. The Morgan fingerprint density at radius 1 is 0.718 bits per heavy atom. The summed E-state index contributed by atoms with van der Waals surface area (Å²) >= 11 is 0. The van der Waals surface area contributed by atoms with E-state index in [0.717, 1.165) is 43.1 Å². The summed E-state index contributed by atoms with van der Waals surface area (Å²) in [5.74, 6) is 2.54. The highest BCUT2D eigenvalue weighted by atomic mass is 35.5. The number of nitrogens with two attached hydrogens (primary N) is 1. The van der Waals surface area contributed by atoms with E-state index in [2.05, 4.69) is 18.0 Å². The molecule has 0 aliphatic carbocycles. The van der Waals surface area contributed by atoms with Crippen molar-refractivity contribution >= 4 is 42.1 Å². The van der Waals surface area contributed by atoms with Gasteiger partial charge in [0, 0.05) is 36.1 Å². The lowest BCUT2D eigenvalue weighted by atomic mass is 10.1. The second-order valence-corrected chi connectivity index (χ2v) is 8.71. The van der Waals surface area contributed by atoms with Crippen LogP contribution in [0.25, 0.3) is 0 Å². The molecule has 2 N–H and O–H groups in total. The third kappa shape index (κ3) is 9.13. The summed E-state index contributed by atoms with van der Waals surface area (Å²) in [6, 6.07) is 18.5. The van der Waals surface area contributed by atoms with Gasteiger partial charge in [-0.1, -0.05) is 6.07 Å². The third-order valence-corrected chi connectivity index (χ3v) is 6.23. The smallest absolute Gasteiger partial charge is 0.258 e. The number of ether oxygens (including phenoxy) is 4. The fourth-order valence-electron chi connectivity index (χ4n) is 4.09. The minimum atomic E-state index is -0.0970. The van der Waals surface area contributed by atoms with Gasteiger partial charge >= 0.3 is 0 Å². The Labute approximate surface area is 243 Å². The van der Waals surface area contributed by atoms with Gasteiger partial charge in [0.2, 0.25) is 0 Å². The zero-order valence-electron chi connectivity index (χ0n) is 23.1. The molecule has 8 nitrogen and oxygen atoms in total. The number of amides is 1. The summed E-state index contributed by atoms with van der Waals surface area (Å²) in [6.07, 6.45) is 1.66. The van der Waals surface area contributed by atoms with Crippen molar-refractivity contribution in [3.8, 4) is 23.0 Å². The molecule has 0 aromatic heterocycles. The number of benzene rings is 3. The van der Waals surface area contributed by atoms with Gasteiger partial charge in [-0.05, 0) is 80.5 Å². The third-order valence-electron chi connectivity index (χ3n) is 6.23. The number of rotatable bonds is 13. The van der Waals surface area contributed by atoms with Crippen LogP contribution in [0.1, 0.15) is 22.3 Å². The van der Waals surface area contributed by atoms with Crippen LogP contribution in [0.3, 0.4) is 0 Å². The second-order valence-electron chi connectivity index (χ2n) is 8.71. The zero-order chi connectivity index (χ0) is 26.8. The van der Waals surface area contributed by atoms with Gasteiger partial charge in [-0.3, -0.25) is 4.79 Å². The first-order valence-corrected chi connectivity index (χ1v) is 12.2. The van der Waals surface area contributed by atoms with Crippen LogP contribution >= 0.6 is 24.8 Å². The molecule has 0 aliphatic heterocycles. The van der Waals surface area contributed by atoms with E-state index in [1.165, 1.54) is 5.56 Å². The average Bonchev–Trinajstić information content (AvgIpc) is 2.93. The maximum atomic E-state index is 13.5.